The van der Waals surface area contributed by atoms with Gasteiger partial charge in [0.05, 0.1) is 15.8 Å². The van der Waals surface area contributed by atoms with Crippen LogP contribution in [0.25, 0.3) is 0 Å². The predicted molar refractivity (Wildman–Crippen MR) is 65.3 cm³/mol. The molecule has 0 bridgehead atoms. The number of aromatic nitrogens is 2. The molecule has 2 rings (SSSR count). The summed E-state index contributed by atoms with van der Waals surface area (Å²) in [6, 6.07) is 3.51. The Bertz CT molecular complexity index is 504. The van der Waals surface area contributed by atoms with E-state index in [9.17, 15) is 4.79 Å². The van der Waals surface area contributed by atoms with Crippen LogP contribution in [-0.2, 0) is 13.0 Å². The van der Waals surface area contributed by atoms with Crippen molar-refractivity contribution in [3.63, 3.8) is 0 Å². The van der Waals surface area contributed by atoms with Crippen molar-refractivity contribution < 1.29 is 4.79 Å². The first-order valence-corrected chi connectivity index (χ1v) is 6.18. The standard InChI is InChI=1S/C11H11ClN2OS/c1-2-11-13-5-6-14(11)7-8(15)9-3-4-10(12)16-9/h3-6H,2,7H2,1H3. The van der Waals surface area contributed by atoms with E-state index in [4.69, 9.17) is 11.6 Å². The van der Waals surface area contributed by atoms with Gasteiger partial charge < -0.3 is 4.57 Å². The fourth-order valence-electron chi connectivity index (χ4n) is 1.50. The summed E-state index contributed by atoms with van der Waals surface area (Å²) in [4.78, 5) is 16.8. The Kier molecular flexibility index (Phi) is 3.41. The van der Waals surface area contributed by atoms with Crippen molar-refractivity contribution in [1.29, 1.82) is 0 Å². The monoisotopic (exact) mass is 254 g/mol. The van der Waals surface area contributed by atoms with E-state index in [2.05, 4.69) is 4.98 Å². The second-order valence-electron chi connectivity index (χ2n) is 3.35. The molecule has 0 N–H and O–H groups in total. The molecule has 0 spiro atoms. The van der Waals surface area contributed by atoms with Gasteiger partial charge in [0.1, 0.15) is 5.82 Å². The molecule has 3 nitrogen and oxygen atoms in total. The number of nitrogens with zero attached hydrogens (tertiary/aromatic N) is 2. The molecule has 16 heavy (non-hydrogen) atoms. The van der Waals surface area contributed by atoms with Crippen molar-refractivity contribution in [2.75, 3.05) is 0 Å². The number of hydrogen-bond donors (Lipinski definition) is 0. The van der Waals surface area contributed by atoms with Crippen molar-refractivity contribution in [3.05, 3.63) is 39.6 Å². The second kappa shape index (κ2) is 4.80. The van der Waals surface area contributed by atoms with Crippen LogP contribution in [0, 0.1) is 0 Å². The molecular weight excluding hydrogens is 244 g/mol. The molecule has 0 atom stereocenters. The largest absolute Gasteiger partial charge is 0.327 e. The predicted octanol–water partition coefficient (Wildman–Crippen LogP) is 3.04. The third kappa shape index (κ3) is 2.33. The zero-order chi connectivity index (χ0) is 11.5. The zero-order valence-corrected chi connectivity index (χ0v) is 10.4. The first-order valence-electron chi connectivity index (χ1n) is 4.99. The lowest BCUT2D eigenvalue weighted by atomic mass is 10.3. The smallest absolute Gasteiger partial charge is 0.192 e. The number of hydrogen-bond acceptors (Lipinski definition) is 3. The van der Waals surface area contributed by atoms with E-state index < -0.39 is 0 Å². The van der Waals surface area contributed by atoms with Gasteiger partial charge in [-0.1, -0.05) is 18.5 Å². The van der Waals surface area contributed by atoms with Gasteiger partial charge in [0.25, 0.3) is 0 Å². The normalized spacial score (nSPS) is 10.6. The highest BCUT2D eigenvalue weighted by molar-refractivity contribution is 7.18. The fourth-order valence-corrected chi connectivity index (χ4v) is 2.47. The molecule has 0 unspecified atom stereocenters. The van der Waals surface area contributed by atoms with E-state index >= 15 is 0 Å². The Morgan fingerprint density at radius 3 is 3.00 bits per heavy atom. The number of imidazole rings is 1. The minimum atomic E-state index is 0.0737. The molecule has 0 aliphatic rings. The molecule has 0 fully saturated rings. The van der Waals surface area contributed by atoms with Crippen molar-refractivity contribution in [1.82, 2.24) is 9.55 Å². The topological polar surface area (TPSA) is 34.9 Å². The van der Waals surface area contributed by atoms with Crippen LogP contribution in [-0.4, -0.2) is 15.3 Å². The summed E-state index contributed by atoms with van der Waals surface area (Å²) in [5.41, 5.74) is 0. The van der Waals surface area contributed by atoms with Gasteiger partial charge in [-0.25, -0.2) is 4.98 Å². The van der Waals surface area contributed by atoms with Crippen molar-refractivity contribution in [3.8, 4) is 0 Å². The number of Topliss-reactive ketones (excluding diaryl/α,β-unsaturated/α-hetero) is 1. The van der Waals surface area contributed by atoms with Crippen molar-refractivity contribution in [2.45, 2.75) is 19.9 Å². The molecule has 0 radical (unpaired) electrons. The highest BCUT2D eigenvalue weighted by atomic mass is 35.5. The maximum Gasteiger partial charge on any atom is 0.192 e. The van der Waals surface area contributed by atoms with Gasteiger partial charge in [0.15, 0.2) is 5.78 Å². The molecule has 84 valence electrons. The van der Waals surface area contributed by atoms with Crippen molar-refractivity contribution >= 4 is 28.7 Å². The Balaban J connectivity index is 2.13. The summed E-state index contributed by atoms with van der Waals surface area (Å²) >= 11 is 7.11. The minimum Gasteiger partial charge on any atom is -0.327 e. The number of carbonyl (C=O) groups is 1. The van der Waals surface area contributed by atoms with E-state index in [-0.39, 0.29) is 5.78 Å². The molecular formula is C11H11ClN2OS. The molecule has 0 aromatic carbocycles. The summed E-state index contributed by atoms with van der Waals surface area (Å²) in [6.45, 7) is 2.35. The Morgan fingerprint density at radius 2 is 2.38 bits per heavy atom. The minimum absolute atomic E-state index is 0.0737. The van der Waals surface area contributed by atoms with Crippen LogP contribution in [0.5, 0.6) is 0 Å². The van der Waals surface area contributed by atoms with Gasteiger partial charge in [-0.2, -0.15) is 0 Å². The molecule has 0 amide bonds. The van der Waals surface area contributed by atoms with E-state index in [0.29, 0.717) is 15.8 Å². The van der Waals surface area contributed by atoms with Crippen LogP contribution in [0.1, 0.15) is 22.4 Å². The third-order valence-corrected chi connectivity index (χ3v) is 3.55. The third-order valence-electron chi connectivity index (χ3n) is 2.28. The average molecular weight is 255 g/mol. The van der Waals surface area contributed by atoms with Crippen LogP contribution >= 0.6 is 22.9 Å². The number of thiophene rings is 1. The molecule has 2 aromatic rings. The fraction of sp³-hybridized carbons (Fsp3) is 0.273. The summed E-state index contributed by atoms with van der Waals surface area (Å²) < 4.78 is 2.51. The number of rotatable bonds is 4. The van der Waals surface area contributed by atoms with Gasteiger partial charge in [-0.05, 0) is 12.1 Å². The summed E-state index contributed by atoms with van der Waals surface area (Å²) in [7, 11) is 0. The second-order valence-corrected chi connectivity index (χ2v) is 5.07. The first kappa shape index (κ1) is 11.4. The molecule has 2 aromatic heterocycles. The van der Waals surface area contributed by atoms with Gasteiger partial charge in [0, 0.05) is 18.8 Å². The van der Waals surface area contributed by atoms with E-state index in [1.54, 1.807) is 18.3 Å². The van der Waals surface area contributed by atoms with Gasteiger partial charge in [-0.15, -0.1) is 11.3 Å². The lowest BCUT2D eigenvalue weighted by Crippen LogP contribution is -2.11. The maximum atomic E-state index is 11.9. The molecule has 5 heteroatoms. The lowest BCUT2D eigenvalue weighted by molar-refractivity contribution is 0.0975. The Labute approximate surface area is 103 Å². The summed E-state index contributed by atoms with van der Waals surface area (Å²) in [5.74, 6) is 1.00. The highest BCUT2D eigenvalue weighted by Gasteiger charge is 2.11. The van der Waals surface area contributed by atoms with Crippen LogP contribution in [0.3, 0.4) is 0 Å². The molecule has 2 heterocycles. The van der Waals surface area contributed by atoms with Crippen molar-refractivity contribution in [2.24, 2.45) is 0 Å². The Morgan fingerprint density at radius 1 is 1.56 bits per heavy atom. The van der Waals surface area contributed by atoms with Crippen LogP contribution < -0.4 is 0 Å². The van der Waals surface area contributed by atoms with Crippen LogP contribution in [0.15, 0.2) is 24.5 Å². The SMILES string of the molecule is CCc1nccn1CC(=O)c1ccc(Cl)s1. The average Bonchev–Trinajstić information content (AvgIpc) is 2.86. The number of ketones is 1. The van der Waals surface area contributed by atoms with E-state index in [1.165, 1.54) is 11.3 Å². The highest BCUT2D eigenvalue weighted by Crippen LogP contribution is 2.22. The van der Waals surface area contributed by atoms with Crippen LogP contribution in [0.2, 0.25) is 4.34 Å². The summed E-state index contributed by atoms with van der Waals surface area (Å²) in [6.07, 6.45) is 4.37. The molecule has 0 aliphatic heterocycles. The maximum absolute atomic E-state index is 11.9. The zero-order valence-electron chi connectivity index (χ0n) is 8.81. The molecule has 0 aliphatic carbocycles. The number of halogens is 1. The van der Waals surface area contributed by atoms with E-state index in [0.717, 1.165) is 12.2 Å². The summed E-state index contributed by atoms with van der Waals surface area (Å²) in [5, 5.41) is 0. The first-order chi connectivity index (χ1) is 7.70. The molecule has 0 saturated carbocycles. The van der Waals surface area contributed by atoms with Gasteiger partial charge >= 0.3 is 0 Å². The lowest BCUT2D eigenvalue weighted by Gasteiger charge is -2.03. The Hall–Kier alpha value is -1.13. The van der Waals surface area contributed by atoms with Gasteiger partial charge in [-0.3, -0.25) is 4.79 Å². The number of carbonyl (C=O) groups excluding carboxylic acids is 1. The number of aryl methyl sites for hydroxylation is 1. The van der Waals surface area contributed by atoms with E-state index in [1.807, 2.05) is 17.7 Å². The van der Waals surface area contributed by atoms with Crippen LogP contribution in [0.4, 0.5) is 0 Å². The quantitative estimate of drug-likeness (QED) is 0.786. The molecule has 0 saturated heterocycles. The van der Waals surface area contributed by atoms with Gasteiger partial charge in [0.2, 0.25) is 0 Å².